The van der Waals surface area contributed by atoms with Crippen molar-refractivity contribution in [2.75, 3.05) is 5.73 Å². The third kappa shape index (κ3) is 1.91. The number of hydrogen-bond acceptors (Lipinski definition) is 2. The van der Waals surface area contributed by atoms with Crippen LogP contribution < -0.4 is 5.73 Å². The van der Waals surface area contributed by atoms with E-state index in [0.29, 0.717) is 10.7 Å². The largest absolute Gasteiger partial charge is 0.399 e. The van der Waals surface area contributed by atoms with Crippen LogP contribution in [0.4, 0.5) is 5.69 Å². The molecule has 0 aliphatic heterocycles. The Bertz CT molecular complexity index is 723. The maximum absolute atomic E-state index is 6.21. The second-order valence-electron chi connectivity index (χ2n) is 4.16. The number of nitrogen functional groups attached to an aromatic ring is 1. The zero-order valence-corrected chi connectivity index (χ0v) is 10.4. The SMILES string of the molecule is Nc1ccc(-c2cnc3ccccc3c2)c(Cl)c1. The van der Waals surface area contributed by atoms with E-state index < -0.39 is 0 Å². The minimum Gasteiger partial charge on any atom is -0.399 e. The molecule has 0 fully saturated rings. The van der Waals surface area contributed by atoms with Gasteiger partial charge in [0.05, 0.1) is 10.5 Å². The number of halogens is 1. The fourth-order valence-corrected chi connectivity index (χ4v) is 2.28. The second kappa shape index (κ2) is 4.31. The summed E-state index contributed by atoms with van der Waals surface area (Å²) in [6.45, 7) is 0. The molecule has 0 aliphatic carbocycles. The maximum atomic E-state index is 6.21. The Kier molecular flexibility index (Phi) is 2.65. The third-order valence-corrected chi connectivity index (χ3v) is 3.21. The van der Waals surface area contributed by atoms with Crippen molar-refractivity contribution < 1.29 is 0 Å². The molecule has 18 heavy (non-hydrogen) atoms. The molecule has 0 saturated heterocycles. The Morgan fingerprint density at radius 1 is 1.00 bits per heavy atom. The first-order chi connectivity index (χ1) is 8.74. The number of rotatable bonds is 1. The zero-order valence-electron chi connectivity index (χ0n) is 9.60. The van der Waals surface area contributed by atoms with Crippen LogP contribution >= 0.6 is 11.6 Å². The molecule has 3 rings (SSSR count). The number of para-hydroxylation sites is 1. The minimum absolute atomic E-state index is 0.645. The first kappa shape index (κ1) is 11.1. The van der Waals surface area contributed by atoms with Gasteiger partial charge < -0.3 is 5.73 Å². The van der Waals surface area contributed by atoms with Gasteiger partial charge in [0, 0.05) is 28.4 Å². The second-order valence-corrected chi connectivity index (χ2v) is 4.56. The van der Waals surface area contributed by atoms with E-state index in [2.05, 4.69) is 11.1 Å². The molecule has 1 aromatic heterocycles. The van der Waals surface area contributed by atoms with Crippen LogP contribution in [0.3, 0.4) is 0 Å². The number of nitrogens with zero attached hydrogens (tertiary/aromatic N) is 1. The Morgan fingerprint density at radius 2 is 1.83 bits per heavy atom. The van der Waals surface area contributed by atoms with Gasteiger partial charge in [-0.15, -0.1) is 0 Å². The van der Waals surface area contributed by atoms with Crippen molar-refractivity contribution in [3.05, 3.63) is 59.8 Å². The topological polar surface area (TPSA) is 38.9 Å². The van der Waals surface area contributed by atoms with Crippen molar-refractivity contribution >= 4 is 28.2 Å². The number of benzene rings is 2. The van der Waals surface area contributed by atoms with Crippen LogP contribution in [0.25, 0.3) is 22.0 Å². The number of hydrogen-bond donors (Lipinski definition) is 1. The molecule has 0 radical (unpaired) electrons. The van der Waals surface area contributed by atoms with Crippen LogP contribution in [0.2, 0.25) is 5.02 Å². The quantitative estimate of drug-likeness (QED) is 0.663. The maximum Gasteiger partial charge on any atom is 0.0702 e. The normalized spacial score (nSPS) is 10.7. The molecule has 0 amide bonds. The van der Waals surface area contributed by atoms with E-state index in [-0.39, 0.29) is 0 Å². The summed E-state index contributed by atoms with van der Waals surface area (Å²) in [5, 5.41) is 1.75. The molecule has 2 nitrogen and oxygen atoms in total. The number of nitrogens with two attached hydrogens (primary N) is 1. The van der Waals surface area contributed by atoms with Gasteiger partial charge in [0.2, 0.25) is 0 Å². The summed E-state index contributed by atoms with van der Waals surface area (Å²) in [6, 6.07) is 15.6. The summed E-state index contributed by atoms with van der Waals surface area (Å²) in [4.78, 5) is 4.43. The van der Waals surface area contributed by atoms with Crippen molar-refractivity contribution in [3.63, 3.8) is 0 Å². The van der Waals surface area contributed by atoms with Crippen molar-refractivity contribution in [2.45, 2.75) is 0 Å². The van der Waals surface area contributed by atoms with Crippen LogP contribution in [0.15, 0.2) is 54.7 Å². The lowest BCUT2D eigenvalue weighted by molar-refractivity contribution is 1.41. The molecule has 88 valence electrons. The number of pyridine rings is 1. The summed E-state index contributed by atoms with van der Waals surface area (Å²) in [7, 11) is 0. The van der Waals surface area contributed by atoms with E-state index in [4.69, 9.17) is 17.3 Å². The van der Waals surface area contributed by atoms with Crippen LogP contribution in [0.5, 0.6) is 0 Å². The van der Waals surface area contributed by atoms with Crippen LogP contribution in [0, 0.1) is 0 Å². The predicted octanol–water partition coefficient (Wildman–Crippen LogP) is 4.14. The third-order valence-electron chi connectivity index (χ3n) is 2.89. The van der Waals surface area contributed by atoms with E-state index in [1.807, 2.05) is 42.6 Å². The minimum atomic E-state index is 0.645. The fraction of sp³-hybridized carbons (Fsp3) is 0. The Balaban J connectivity index is 2.19. The van der Waals surface area contributed by atoms with E-state index in [1.54, 1.807) is 6.07 Å². The van der Waals surface area contributed by atoms with Gasteiger partial charge in [-0.1, -0.05) is 35.9 Å². The van der Waals surface area contributed by atoms with Gasteiger partial charge in [0.25, 0.3) is 0 Å². The summed E-state index contributed by atoms with van der Waals surface area (Å²) in [5.41, 5.74) is 9.29. The van der Waals surface area contributed by atoms with Gasteiger partial charge in [0.1, 0.15) is 0 Å². The Morgan fingerprint density at radius 3 is 2.67 bits per heavy atom. The molecule has 0 aliphatic rings. The summed E-state index contributed by atoms with van der Waals surface area (Å²) >= 11 is 6.21. The molecule has 3 heteroatoms. The van der Waals surface area contributed by atoms with Crippen LogP contribution in [-0.2, 0) is 0 Å². The molecule has 2 aromatic carbocycles. The van der Waals surface area contributed by atoms with Gasteiger partial charge in [-0.2, -0.15) is 0 Å². The Hall–Kier alpha value is -2.06. The molecular weight excluding hydrogens is 244 g/mol. The number of aromatic nitrogens is 1. The van der Waals surface area contributed by atoms with Crippen LogP contribution in [0.1, 0.15) is 0 Å². The molecule has 2 N–H and O–H groups in total. The highest BCUT2D eigenvalue weighted by atomic mass is 35.5. The van der Waals surface area contributed by atoms with Gasteiger partial charge in [0.15, 0.2) is 0 Å². The zero-order chi connectivity index (χ0) is 12.5. The average molecular weight is 255 g/mol. The first-order valence-electron chi connectivity index (χ1n) is 5.64. The standard InChI is InChI=1S/C15H11ClN2/c16-14-8-12(17)5-6-13(14)11-7-10-3-1-2-4-15(10)18-9-11/h1-9H,17H2. The highest BCUT2D eigenvalue weighted by Crippen LogP contribution is 2.30. The van der Waals surface area contributed by atoms with E-state index >= 15 is 0 Å². The molecule has 0 saturated carbocycles. The lowest BCUT2D eigenvalue weighted by Crippen LogP contribution is -1.87. The van der Waals surface area contributed by atoms with E-state index in [0.717, 1.165) is 22.0 Å². The van der Waals surface area contributed by atoms with Crippen molar-refractivity contribution in [1.82, 2.24) is 4.98 Å². The van der Waals surface area contributed by atoms with Crippen molar-refractivity contribution in [1.29, 1.82) is 0 Å². The number of fused-ring (bicyclic) bond motifs is 1. The summed E-state index contributed by atoms with van der Waals surface area (Å²) in [6.07, 6.45) is 1.83. The highest BCUT2D eigenvalue weighted by Gasteiger charge is 2.05. The van der Waals surface area contributed by atoms with Crippen molar-refractivity contribution in [3.8, 4) is 11.1 Å². The molecular formula is C15H11ClN2. The Labute approximate surface area is 110 Å². The monoisotopic (exact) mass is 254 g/mol. The first-order valence-corrected chi connectivity index (χ1v) is 6.02. The molecule has 0 unspecified atom stereocenters. The summed E-state index contributed by atoms with van der Waals surface area (Å²) in [5.74, 6) is 0. The molecule has 1 heterocycles. The van der Waals surface area contributed by atoms with Gasteiger partial charge in [-0.05, 0) is 24.3 Å². The van der Waals surface area contributed by atoms with Crippen LogP contribution in [-0.4, -0.2) is 4.98 Å². The average Bonchev–Trinajstić information content (AvgIpc) is 2.38. The molecule has 0 spiro atoms. The van der Waals surface area contributed by atoms with E-state index in [9.17, 15) is 0 Å². The highest BCUT2D eigenvalue weighted by molar-refractivity contribution is 6.33. The molecule has 0 atom stereocenters. The predicted molar refractivity (Wildman–Crippen MR) is 76.6 cm³/mol. The lowest BCUT2D eigenvalue weighted by Gasteiger charge is -2.06. The van der Waals surface area contributed by atoms with Gasteiger partial charge in [-0.3, -0.25) is 4.98 Å². The lowest BCUT2D eigenvalue weighted by atomic mass is 10.1. The molecule has 0 bridgehead atoms. The van der Waals surface area contributed by atoms with Gasteiger partial charge in [-0.25, -0.2) is 0 Å². The van der Waals surface area contributed by atoms with Gasteiger partial charge >= 0.3 is 0 Å². The summed E-state index contributed by atoms with van der Waals surface area (Å²) < 4.78 is 0. The van der Waals surface area contributed by atoms with E-state index in [1.165, 1.54) is 0 Å². The smallest absolute Gasteiger partial charge is 0.0702 e. The number of anilines is 1. The molecule has 3 aromatic rings. The fourth-order valence-electron chi connectivity index (χ4n) is 1.98. The van der Waals surface area contributed by atoms with Crippen molar-refractivity contribution in [2.24, 2.45) is 0 Å².